The van der Waals surface area contributed by atoms with Crippen molar-refractivity contribution in [3.8, 4) is 5.75 Å². The molecule has 5 aliphatic rings. The zero-order valence-corrected chi connectivity index (χ0v) is 14.8. The van der Waals surface area contributed by atoms with Crippen LogP contribution in [0.3, 0.4) is 0 Å². The number of carbonyl (C=O) groups excluding carboxylic acids is 1. The average Bonchev–Trinajstić information content (AvgIpc) is 2.98. The third-order valence-corrected chi connectivity index (χ3v) is 6.58. The number of fused-ring (bicyclic) bond motifs is 4. The summed E-state index contributed by atoms with van der Waals surface area (Å²) >= 11 is 0. The van der Waals surface area contributed by atoms with Gasteiger partial charge in [-0.25, -0.2) is 0 Å². The number of benzene rings is 1. The first-order valence-electron chi connectivity index (χ1n) is 9.16. The van der Waals surface area contributed by atoms with E-state index < -0.39 is 5.41 Å². The van der Waals surface area contributed by atoms with Crippen molar-refractivity contribution in [2.75, 3.05) is 20.2 Å². The number of piperidine rings is 2. The minimum Gasteiger partial charge on any atom is -0.508 e. The highest BCUT2D eigenvalue weighted by Crippen LogP contribution is 2.57. The zero-order valence-electron chi connectivity index (χ0n) is 14.8. The molecule has 1 saturated carbocycles. The summed E-state index contributed by atoms with van der Waals surface area (Å²) in [5, 5.41) is 9.96. The van der Waals surface area contributed by atoms with Crippen LogP contribution in [0.1, 0.15) is 18.4 Å². The predicted molar refractivity (Wildman–Crippen MR) is 99.4 cm³/mol. The summed E-state index contributed by atoms with van der Waals surface area (Å²) in [5.41, 5.74) is 2.74. The molecule has 3 fully saturated rings. The molecule has 1 aliphatic carbocycles. The molecule has 4 unspecified atom stereocenters. The highest BCUT2D eigenvalue weighted by Gasteiger charge is 2.63. The molecule has 6 rings (SSSR count). The van der Waals surface area contributed by atoms with E-state index in [9.17, 15) is 9.90 Å². The number of hydrogen-bond donors (Lipinski definition) is 1. The number of allylic oxidation sites excluding steroid dienone is 1. The molecule has 4 heterocycles. The number of phenolic OH excluding ortho intramolecular Hbond substituents is 1. The van der Waals surface area contributed by atoms with E-state index in [-0.39, 0.29) is 23.7 Å². The number of ether oxygens (including phenoxy) is 1. The van der Waals surface area contributed by atoms with Crippen molar-refractivity contribution in [3.63, 3.8) is 0 Å². The van der Waals surface area contributed by atoms with Gasteiger partial charge in [-0.3, -0.25) is 14.7 Å². The number of nitrogens with zero attached hydrogens (tertiary/aromatic N) is 2. The number of aromatic hydroxyl groups is 1. The molecule has 1 N–H and O–H groups in total. The maximum Gasteiger partial charge on any atom is 0.319 e. The highest BCUT2D eigenvalue weighted by atomic mass is 16.5. The summed E-state index contributed by atoms with van der Waals surface area (Å²) < 4.78 is 5.34. The fourth-order valence-electron chi connectivity index (χ4n) is 5.74. The van der Waals surface area contributed by atoms with Crippen molar-refractivity contribution >= 4 is 22.9 Å². The van der Waals surface area contributed by atoms with Gasteiger partial charge in [-0.2, -0.15) is 0 Å². The second-order valence-electron chi connectivity index (χ2n) is 7.85. The van der Waals surface area contributed by atoms with Crippen LogP contribution in [0.15, 0.2) is 41.9 Å². The monoisotopic (exact) mass is 350 g/mol. The Bertz CT molecular complexity index is 887. The molecule has 0 radical (unpaired) electrons. The molecular weight excluding hydrogens is 328 g/mol. The fraction of sp³-hybridized carbons (Fsp3) is 0.429. The van der Waals surface area contributed by atoms with Gasteiger partial charge < -0.3 is 9.84 Å². The number of hydrogen-bond acceptors (Lipinski definition) is 5. The van der Waals surface area contributed by atoms with Gasteiger partial charge in [0.05, 0.1) is 18.5 Å². The molecule has 1 aromatic carbocycles. The average molecular weight is 350 g/mol. The van der Waals surface area contributed by atoms with Gasteiger partial charge in [-0.15, -0.1) is 6.58 Å². The maximum atomic E-state index is 13.2. The molecule has 4 aliphatic heterocycles. The van der Waals surface area contributed by atoms with E-state index in [1.165, 1.54) is 7.11 Å². The van der Waals surface area contributed by atoms with Crippen LogP contribution in [0, 0.1) is 17.3 Å². The lowest BCUT2D eigenvalue weighted by molar-refractivity contribution is -0.162. The smallest absolute Gasteiger partial charge is 0.319 e. The maximum absolute atomic E-state index is 13.2. The van der Waals surface area contributed by atoms with Gasteiger partial charge in [0.1, 0.15) is 11.2 Å². The minimum absolute atomic E-state index is 0.0212. The summed E-state index contributed by atoms with van der Waals surface area (Å²) in [6.07, 6.45) is 6.00. The van der Waals surface area contributed by atoms with Crippen molar-refractivity contribution in [1.29, 1.82) is 0 Å². The summed E-state index contributed by atoms with van der Waals surface area (Å²) in [6.45, 7) is 5.81. The molecule has 134 valence electrons. The number of esters is 1. The molecule has 5 nitrogen and oxygen atoms in total. The summed E-state index contributed by atoms with van der Waals surface area (Å²) in [4.78, 5) is 20.5. The number of methoxy groups -OCH3 is 1. The first-order chi connectivity index (χ1) is 12.6. The Morgan fingerprint density at radius 1 is 1.50 bits per heavy atom. The molecule has 26 heavy (non-hydrogen) atoms. The van der Waals surface area contributed by atoms with E-state index in [2.05, 4.69) is 17.6 Å². The second kappa shape index (κ2) is 5.30. The number of rotatable bonds is 2. The van der Waals surface area contributed by atoms with E-state index in [0.29, 0.717) is 5.92 Å². The molecular formula is C21H22N2O3. The number of phenols is 1. The van der Waals surface area contributed by atoms with Crippen LogP contribution >= 0.6 is 0 Å². The van der Waals surface area contributed by atoms with Crippen molar-refractivity contribution in [2.24, 2.45) is 22.2 Å². The largest absolute Gasteiger partial charge is 0.508 e. The predicted octanol–water partition coefficient (Wildman–Crippen LogP) is 2.93. The molecule has 2 saturated heterocycles. The van der Waals surface area contributed by atoms with E-state index in [0.717, 1.165) is 48.5 Å². The van der Waals surface area contributed by atoms with Crippen LogP contribution in [0.25, 0.3) is 5.57 Å². The Morgan fingerprint density at radius 3 is 3.12 bits per heavy atom. The van der Waals surface area contributed by atoms with E-state index in [1.54, 1.807) is 12.1 Å². The van der Waals surface area contributed by atoms with Gasteiger partial charge in [-0.1, -0.05) is 12.2 Å². The van der Waals surface area contributed by atoms with E-state index >= 15 is 0 Å². The van der Waals surface area contributed by atoms with E-state index in [4.69, 9.17) is 9.73 Å². The van der Waals surface area contributed by atoms with Crippen LogP contribution in [0.4, 0.5) is 5.69 Å². The lowest BCUT2D eigenvalue weighted by Gasteiger charge is -2.57. The lowest BCUT2D eigenvalue weighted by atomic mass is 9.56. The quantitative estimate of drug-likeness (QED) is 0.658. The molecule has 0 spiro atoms. The molecule has 1 aromatic rings. The SMILES string of the molecule is C=CC1CC2CN3CC=C4C(=Nc5ccc(O)cc54)[C@@](C(=O)OC)(C2)C13. The second-order valence-corrected chi connectivity index (χ2v) is 7.85. The first kappa shape index (κ1) is 15.8. The van der Waals surface area contributed by atoms with Gasteiger partial charge in [0.2, 0.25) is 0 Å². The first-order valence-corrected chi connectivity index (χ1v) is 9.16. The van der Waals surface area contributed by atoms with Gasteiger partial charge in [-0.05, 0) is 42.9 Å². The number of aliphatic imine (C=N–C) groups is 1. The molecule has 0 amide bonds. The Morgan fingerprint density at radius 2 is 2.35 bits per heavy atom. The van der Waals surface area contributed by atoms with Crippen LogP contribution in [-0.2, 0) is 9.53 Å². The topological polar surface area (TPSA) is 62.1 Å². The summed E-state index contributed by atoms with van der Waals surface area (Å²) in [6, 6.07) is 5.23. The molecule has 0 aromatic heterocycles. The Balaban J connectivity index is 1.76. The Kier molecular flexibility index (Phi) is 3.23. The van der Waals surface area contributed by atoms with Crippen molar-refractivity contribution in [1.82, 2.24) is 4.90 Å². The standard InChI is InChI=1S/C21H22N2O3/c1-3-13-8-12-10-21(20(25)26-2)18-15(6-7-23(11-12)19(13)21)16-9-14(24)4-5-17(16)22-18/h3-6,9,12-13,19,24H,1,7-8,10-11H2,2H3/t12?,13?,19?,21-/m0/s1. The van der Waals surface area contributed by atoms with Crippen LogP contribution in [-0.4, -0.2) is 47.9 Å². The summed E-state index contributed by atoms with van der Waals surface area (Å²) in [7, 11) is 1.47. The van der Waals surface area contributed by atoms with Gasteiger partial charge in [0.15, 0.2) is 0 Å². The van der Waals surface area contributed by atoms with Crippen LogP contribution < -0.4 is 0 Å². The zero-order chi connectivity index (χ0) is 18.1. The van der Waals surface area contributed by atoms with E-state index in [1.807, 2.05) is 12.1 Å². The lowest BCUT2D eigenvalue weighted by Crippen LogP contribution is -2.67. The molecule has 4 bridgehead atoms. The molecule has 5 atom stereocenters. The number of carbonyl (C=O) groups is 1. The minimum atomic E-state index is -0.772. The summed E-state index contributed by atoms with van der Waals surface area (Å²) in [5.74, 6) is 0.683. The van der Waals surface area contributed by atoms with Crippen LogP contribution in [0.5, 0.6) is 5.75 Å². The van der Waals surface area contributed by atoms with Crippen LogP contribution in [0.2, 0.25) is 0 Å². The van der Waals surface area contributed by atoms with Gasteiger partial charge in [0.25, 0.3) is 0 Å². The van der Waals surface area contributed by atoms with Crippen molar-refractivity contribution in [3.05, 3.63) is 42.5 Å². The Labute approximate surface area is 152 Å². The van der Waals surface area contributed by atoms with Gasteiger partial charge in [0, 0.05) is 30.3 Å². The Hall–Kier alpha value is -2.40. The van der Waals surface area contributed by atoms with Crippen molar-refractivity contribution < 1.29 is 14.6 Å². The fourth-order valence-corrected chi connectivity index (χ4v) is 5.74. The third-order valence-electron chi connectivity index (χ3n) is 6.58. The normalized spacial score (nSPS) is 36.3. The highest BCUT2D eigenvalue weighted by molar-refractivity contribution is 6.36. The molecule has 5 heteroatoms. The third kappa shape index (κ3) is 1.84. The van der Waals surface area contributed by atoms with Gasteiger partial charge >= 0.3 is 5.97 Å². The van der Waals surface area contributed by atoms with Crippen molar-refractivity contribution in [2.45, 2.75) is 18.9 Å².